The molecule has 3 nitrogen and oxygen atoms in total. The lowest BCUT2D eigenvalue weighted by Gasteiger charge is -2.08. The van der Waals surface area contributed by atoms with Crippen molar-refractivity contribution in [3.63, 3.8) is 0 Å². The predicted octanol–water partition coefficient (Wildman–Crippen LogP) is 4.82. The fourth-order valence-electron chi connectivity index (χ4n) is 2.59. The fourth-order valence-corrected chi connectivity index (χ4v) is 2.59. The first-order valence-corrected chi connectivity index (χ1v) is 7.53. The van der Waals surface area contributed by atoms with Gasteiger partial charge in [-0.2, -0.15) is 0 Å². The lowest BCUT2D eigenvalue weighted by molar-refractivity contribution is 0.419. The highest BCUT2D eigenvalue weighted by atomic mass is 19.1. The average molecular weight is 310 g/mol. The van der Waals surface area contributed by atoms with Gasteiger partial charge in [0.15, 0.2) is 0 Å². The van der Waals surface area contributed by atoms with Crippen LogP contribution in [0, 0.1) is 5.82 Å². The summed E-state index contributed by atoms with van der Waals surface area (Å²) in [6.45, 7) is 4.72. The first kappa shape index (κ1) is 15.3. The molecule has 0 N–H and O–H groups in total. The van der Waals surface area contributed by atoms with E-state index in [9.17, 15) is 4.39 Å². The van der Waals surface area contributed by atoms with Gasteiger partial charge < -0.3 is 9.30 Å². The van der Waals surface area contributed by atoms with Gasteiger partial charge in [0.2, 0.25) is 0 Å². The van der Waals surface area contributed by atoms with E-state index in [-0.39, 0.29) is 5.82 Å². The van der Waals surface area contributed by atoms with Crippen molar-refractivity contribution in [1.29, 1.82) is 0 Å². The fraction of sp³-hybridized carbons (Fsp3) is 0.211. The number of ether oxygens (including phenoxy) is 1. The predicted molar refractivity (Wildman–Crippen MR) is 91.1 cm³/mol. The number of hydrogen-bond acceptors (Lipinski definition) is 2. The smallest absolute Gasteiger partial charge is 0.146 e. The van der Waals surface area contributed by atoms with E-state index in [1.54, 1.807) is 19.2 Å². The Kier molecular flexibility index (Phi) is 4.15. The van der Waals surface area contributed by atoms with E-state index in [1.165, 1.54) is 11.6 Å². The van der Waals surface area contributed by atoms with Gasteiger partial charge in [-0.25, -0.2) is 9.37 Å². The van der Waals surface area contributed by atoms with Crippen molar-refractivity contribution in [2.75, 3.05) is 7.11 Å². The second kappa shape index (κ2) is 6.24. The van der Waals surface area contributed by atoms with Crippen LogP contribution in [-0.4, -0.2) is 16.7 Å². The summed E-state index contributed by atoms with van der Waals surface area (Å²) in [7, 11) is 1.62. The van der Waals surface area contributed by atoms with Crippen molar-refractivity contribution >= 4 is 11.0 Å². The summed E-state index contributed by atoms with van der Waals surface area (Å²) in [5.74, 6) is 1.02. The van der Waals surface area contributed by atoms with E-state index in [0.717, 1.165) is 11.0 Å². The zero-order valence-corrected chi connectivity index (χ0v) is 13.5. The van der Waals surface area contributed by atoms with Crippen molar-refractivity contribution in [1.82, 2.24) is 9.55 Å². The highest BCUT2D eigenvalue weighted by molar-refractivity contribution is 5.86. The summed E-state index contributed by atoms with van der Waals surface area (Å²) in [5, 5.41) is 0. The first-order valence-electron chi connectivity index (χ1n) is 7.53. The minimum atomic E-state index is -0.278. The molecular formula is C19H19FN2O. The molecule has 2 aromatic carbocycles. The quantitative estimate of drug-likeness (QED) is 0.646. The highest BCUT2D eigenvalue weighted by Crippen LogP contribution is 2.31. The Morgan fingerprint density at radius 2 is 1.96 bits per heavy atom. The summed E-state index contributed by atoms with van der Waals surface area (Å²) in [5.41, 5.74) is 3.37. The summed E-state index contributed by atoms with van der Waals surface area (Å²) in [6, 6.07) is 12.5. The molecule has 1 heterocycles. The summed E-state index contributed by atoms with van der Waals surface area (Å²) in [4.78, 5) is 4.66. The van der Waals surface area contributed by atoms with Crippen LogP contribution < -0.4 is 4.74 Å². The van der Waals surface area contributed by atoms with Gasteiger partial charge in [0.1, 0.15) is 22.9 Å². The number of rotatable bonds is 4. The van der Waals surface area contributed by atoms with Gasteiger partial charge >= 0.3 is 0 Å². The van der Waals surface area contributed by atoms with Crippen LogP contribution in [0.5, 0.6) is 5.75 Å². The normalized spacial score (nSPS) is 10.8. The number of para-hydroxylation sites is 1. The number of allylic oxidation sites excluding steroid dienone is 2. The molecule has 0 aliphatic heterocycles. The van der Waals surface area contributed by atoms with Gasteiger partial charge in [0.25, 0.3) is 0 Å². The summed E-state index contributed by atoms with van der Waals surface area (Å²) >= 11 is 0. The van der Waals surface area contributed by atoms with Crippen LogP contribution >= 0.6 is 0 Å². The molecule has 0 amide bonds. The van der Waals surface area contributed by atoms with Crippen LogP contribution in [0.4, 0.5) is 4.39 Å². The molecule has 0 bridgehead atoms. The average Bonchev–Trinajstić information content (AvgIpc) is 2.91. The number of benzene rings is 2. The Balaban J connectivity index is 2.29. The van der Waals surface area contributed by atoms with Gasteiger partial charge in [0.05, 0.1) is 18.2 Å². The monoisotopic (exact) mass is 310 g/mol. The maximum absolute atomic E-state index is 14.3. The molecule has 4 heteroatoms. The largest absolute Gasteiger partial charge is 0.494 e. The maximum Gasteiger partial charge on any atom is 0.146 e. The number of hydrogen-bond donors (Lipinski definition) is 0. The molecule has 1 aromatic heterocycles. The van der Waals surface area contributed by atoms with E-state index < -0.39 is 0 Å². The van der Waals surface area contributed by atoms with Crippen molar-refractivity contribution in [3.8, 4) is 17.1 Å². The molecule has 0 fully saturated rings. The van der Waals surface area contributed by atoms with Crippen molar-refractivity contribution in [2.24, 2.45) is 0 Å². The van der Waals surface area contributed by atoms with Crippen LogP contribution in [0.3, 0.4) is 0 Å². The van der Waals surface area contributed by atoms with Crippen LogP contribution in [0.15, 0.2) is 54.1 Å². The van der Waals surface area contributed by atoms with Crippen LogP contribution in [0.1, 0.15) is 13.8 Å². The molecule has 118 valence electrons. The number of nitrogens with zero attached hydrogens (tertiary/aromatic N) is 2. The Morgan fingerprint density at radius 3 is 2.65 bits per heavy atom. The lowest BCUT2D eigenvalue weighted by atomic mass is 10.2. The molecule has 0 radical (unpaired) electrons. The van der Waals surface area contributed by atoms with Gasteiger partial charge in [0, 0.05) is 6.54 Å². The molecule has 0 saturated heterocycles. The van der Waals surface area contributed by atoms with Crippen molar-refractivity contribution in [2.45, 2.75) is 20.4 Å². The molecule has 0 aliphatic rings. The Bertz CT molecular complexity index is 876. The van der Waals surface area contributed by atoms with Crippen LogP contribution in [-0.2, 0) is 6.54 Å². The second-order valence-corrected chi connectivity index (χ2v) is 5.64. The SMILES string of the molecule is COc1cccc2c1nc(-c1ccccc1F)n2CC=C(C)C. The molecule has 0 atom stereocenters. The zero-order valence-electron chi connectivity index (χ0n) is 13.5. The molecule has 3 aromatic rings. The van der Waals surface area contributed by atoms with E-state index in [4.69, 9.17) is 4.74 Å². The Labute approximate surface area is 135 Å². The minimum absolute atomic E-state index is 0.278. The van der Waals surface area contributed by atoms with E-state index in [1.807, 2.05) is 42.7 Å². The van der Waals surface area contributed by atoms with E-state index >= 15 is 0 Å². The molecule has 0 spiro atoms. The molecule has 0 unspecified atom stereocenters. The Morgan fingerprint density at radius 1 is 1.17 bits per heavy atom. The highest BCUT2D eigenvalue weighted by Gasteiger charge is 2.17. The van der Waals surface area contributed by atoms with Crippen LogP contribution in [0.25, 0.3) is 22.4 Å². The van der Waals surface area contributed by atoms with Gasteiger partial charge in [-0.3, -0.25) is 0 Å². The summed E-state index contributed by atoms with van der Waals surface area (Å²) < 4.78 is 21.7. The molecular weight excluding hydrogens is 291 g/mol. The van der Waals surface area contributed by atoms with Gasteiger partial charge in [-0.15, -0.1) is 0 Å². The van der Waals surface area contributed by atoms with E-state index in [0.29, 0.717) is 23.7 Å². The Hall–Kier alpha value is -2.62. The standard InChI is InChI=1S/C19H19FN2O/c1-13(2)11-12-22-16-9-6-10-17(23-3)18(16)21-19(22)14-7-4-5-8-15(14)20/h4-11H,12H2,1-3H3. The minimum Gasteiger partial charge on any atom is -0.494 e. The van der Waals surface area contributed by atoms with Crippen LogP contribution in [0.2, 0.25) is 0 Å². The molecule has 0 aliphatic carbocycles. The van der Waals surface area contributed by atoms with E-state index in [2.05, 4.69) is 11.1 Å². The first-order chi connectivity index (χ1) is 11.1. The second-order valence-electron chi connectivity index (χ2n) is 5.64. The number of methoxy groups -OCH3 is 1. The molecule has 23 heavy (non-hydrogen) atoms. The van der Waals surface area contributed by atoms with Crippen molar-refractivity contribution in [3.05, 3.63) is 59.9 Å². The van der Waals surface area contributed by atoms with Gasteiger partial charge in [-0.05, 0) is 38.1 Å². The third-order valence-corrected chi connectivity index (χ3v) is 3.76. The van der Waals surface area contributed by atoms with Gasteiger partial charge in [-0.1, -0.05) is 29.8 Å². The zero-order chi connectivity index (χ0) is 16.4. The molecule has 0 saturated carbocycles. The number of imidazole rings is 1. The maximum atomic E-state index is 14.3. The third-order valence-electron chi connectivity index (χ3n) is 3.76. The number of aromatic nitrogens is 2. The number of fused-ring (bicyclic) bond motifs is 1. The topological polar surface area (TPSA) is 27.1 Å². The summed E-state index contributed by atoms with van der Waals surface area (Å²) in [6.07, 6.45) is 2.10. The lowest BCUT2D eigenvalue weighted by Crippen LogP contribution is -2.00. The third kappa shape index (κ3) is 2.84. The van der Waals surface area contributed by atoms with Crippen molar-refractivity contribution < 1.29 is 9.13 Å². The number of halogens is 1. The molecule has 3 rings (SSSR count).